The number of hydrogen-bond acceptors (Lipinski definition) is 4. The Morgan fingerprint density at radius 2 is 2.09 bits per heavy atom. The standard InChI is InChI=1S/C26H43ClFN3O3/c1-25(2,3)16-20(17-29-4)30-24(32)31-14-9-10-19(18-31)26(33,13-6-7-15-34-5)21-11-8-12-22(28)23(21)27/h8,11-12,19-20,29,33H,6-7,9-10,13-18H2,1-5H3,(H,30,32)/t19-,20+,26+/m1/s1. The third kappa shape index (κ3) is 8.08. The number of unbranched alkanes of at least 4 members (excludes halogenated alkanes) is 1. The summed E-state index contributed by atoms with van der Waals surface area (Å²) in [5.41, 5.74) is -0.850. The molecule has 3 atom stereocenters. The highest BCUT2D eigenvalue weighted by atomic mass is 35.5. The second kappa shape index (κ2) is 13.1. The van der Waals surface area contributed by atoms with Crippen molar-refractivity contribution < 1.29 is 19.0 Å². The highest BCUT2D eigenvalue weighted by molar-refractivity contribution is 6.31. The fourth-order valence-corrected chi connectivity index (χ4v) is 5.30. The summed E-state index contributed by atoms with van der Waals surface area (Å²) < 4.78 is 19.5. The number of aliphatic hydroxyl groups is 1. The third-order valence-corrected chi connectivity index (χ3v) is 6.98. The molecule has 1 aromatic rings. The van der Waals surface area contributed by atoms with E-state index in [2.05, 4.69) is 31.4 Å². The van der Waals surface area contributed by atoms with Crippen molar-refractivity contribution in [1.29, 1.82) is 0 Å². The normalized spacial score (nSPS) is 19.5. The summed E-state index contributed by atoms with van der Waals surface area (Å²) >= 11 is 6.34. The Morgan fingerprint density at radius 1 is 1.35 bits per heavy atom. The number of carbonyl (C=O) groups is 1. The molecule has 194 valence electrons. The zero-order chi connectivity index (χ0) is 25.4. The molecule has 0 radical (unpaired) electrons. The van der Waals surface area contributed by atoms with Crippen LogP contribution in [0, 0.1) is 17.2 Å². The van der Waals surface area contributed by atoms with E-state index in [0.29, 0.717) is 44.6 Å². The first-order valence-corrected chi connectivity index (χ1v) is 12.8. The Bertz CT molecular complexity index is 789. The van der Waals surface area contributed by atoms with E-state index < -0.39 is 11.4 Å². The average molecular weight is 500 g/mol. The molecule has 0 aromatic heterocycles. The van der Waals surface area contributed by atoms with Crippen LogP contribution in [0.4, 0.5) is 9.18 Å². The number of benzene rings is 1. The largest absolute Gasteiger partial charge is 0.385 e. The van der Waals surface area contributed by atoms with Crippen molar-refractivity contribution in [3.63, 3.8) is 0 Å². The van der Waals surface area contributed by atoms with E-state index in [0.717, 1.165) is 25.7 Å². The van der Waals surface area contributed by atoms with E-state index in [1.54, 1.807) is 24.1 Å². The van der Waals surface area contributed by atoms with Gasteiger partial charge in [0.2, 0.25) is 0 Å². The fourth-order valence-electron chi connectivity index (χ4n) is 5.01. The third-order valence-electron chi connectivity index (χ3n) is 6.60. The number of ether oxygens (including phenoxy) is 1. The van der Waals surface area contributed by atoms with E-state index in [9.17, 15) is 14.3 Å². The molecule has 2 rings (SSSR count). The molecule has 1 aromatic carbocycles. The number of piperidine rings is 1. The average Bonchev–Trinajstić information content (AvgIpc) is 2.77. The van der Waals surface area contributed by atoms with Crippen LogP contribution in [-0.2, 0) is 10.3 Å². The van der Waals surface area contributed by atoms with Gasteiger partial charge in [-0.15, -0.1) is 0 Å². The van der Waals surface area contributed by atoms with Gasteiger partial charge >= 0.3 is 6.03 Å². The molecule has 0 bridgehead atoms. The highest BCUT2D eigenvalue weighted by Gasteiger charge is 2.43. The maximum atomic E-state index is 14.3. The number of amides is 2. The molecule has 1 fully saturated rings. The van der Waals surface area contributed by atoms with Crippen molar-refractivity contribution >= 4 is 17.6 Å². The Hall–Kier alpha value is -1.41. The van der Waals surface area contributed by atoms with Crippen LogP contribution in [0.15, 0.2) is 18.2 Å². The molecule has 3 N–H and O–H groups in total. The molecule has 0 spiro atoms. The summed E-state index contributed by atoms with van der Waals surface area (Å²) in [6.45, 7) is 8.76. The van der Waals surface area contributed by atoms with Gasteiger partial charge in [0.15, 0.2) is 0 Å². The van der Waals surface area contributed by atoms with E-state index in [4.69, 9.17) is 16.3 Å². The summed E-state index contributed by atoms with van der Waals surface area (Å²) in [6, 6.07) is 4.46. The van der Waals surface area contributed by atoms with Gasteiger partial charge in [-0.05, 0) is 57.1 Å². The first-order chi connectivity index (χ1) is 16.0. The first kappa shape index (κ1) is 28.8. The van der Waals surface area contributed by atoms with Crippen LogP contribution in [0.1, 0.15) is 64.9 Å². The molecule has 0 aliphatic carbocycles. The Morgan fingerprint density at radius 3 is 2.74 bits per heavy atom. The smallest absolute Gasteiger partial charge is 0.317 e. The molecule has 1 saturated heterocycles. The lowest BCUT2D eigenvalue weighted by molar-refractivity contribution is -0.0565. The Balaban J connectivity index is 2.22. The minimum atomic E-state index is -1.33. The van der Waals surface area contributed by atoms with E-state index in [1.165, 1.54) is 6.07 Å². The fraction of sp³-hybridized carbons (Fsp3) is 0.731. The molecule has 2 amide bonds. The zero-order valence-corrected chi connectivity index (χ0v) is 22.2. The van der Waals surface area contributed by atoms with Gasteiger partial charge in [0, 0.05) is 50.9 Å². The maximum absolute atomic E-state index is 14.3. The van der Waals surface area contributed by atoms with Crippen molar-refractivity contribution in [2.75, 3.05) is 40.4 Å². The molecule has 1 heterocycles. The molecule has 0 saturated carbocycles. The van der Waals surface area contributed by atoms with Crippen molar-refractivity contribution in [3.8, 4) is 0 Å². The van der Waals surface area contributed by atoms with Gasteiger partial charge in [0.05, 0.1) is 10.6 Å². The van der Waals surface area contributed by atoms with Gasteiger partial charge in [-0.3, -0.25) is 0 Å². The summed E-state index contributed by atoms with van der Waals surface area (Å²) in [5.74, 6) is -0.795. The summed E-state index contributed by atoms with van der Waals surface area (Å²) in [5, 5.41) is 18.3. The first-order valence-electron chi connectivity index (χ1n) is 12.4. The molecule has 1 aliphatic rings. The molecule has 8 heteroatoms. The monoisotopic (exact) mass is 499 g/mol. The molecule has 0 unspecified atom stereocenters. The summed E-state index contributed by atoms with van der Waals surface area (Å²) in [4.78, 5) is 15.0. The van der Waals surface area contributed by atoms with Crippen LogP contribution in [0.3, 0.4) is 0 Å². The van der Waals surface area contributed by atoms with Crippen LogP contribution in [0.25, 0.3) is 0 Å². The number of hydrogen-bond donors (Lipinski definition) is 3. The van der Waals surface area contributed by atoms with Gasteiger partial charge in [0.25, 0.3) is 0 Å². The maximum Gasteiger partial charge on any atom is 0.317 e. The second-order valence-electron chi connectivity index (χ2n) is 10.7. The predicted octanol–water partition coefficient (Wildman–Crippen LogP) is 4.93. The van der Waals surface area contributed by atoms with Crippen molar-refractivity contribution in [3.05, 3.63) is 34.6 Å². The van der Waals surface area contributed by atoms with E-state index in [1.807, 2.05) is 7.05 Å². The second-order valence-corrected chi connectivity index (χ2v) is 11.1. The van der Waals surface area contributed by atoms with Crippen LogP contribution >= 0.6 is 11.6 Å². The number of urea groups is 1. The molecular formula is C26H43ClFN3O3. The number of methoxy groups -OCH3 is 1. The van der Waals surface area contributed by atoms with Gasteiger partial charge in [-0.1, -0.05) is 44.5 Å². The minimum absolute atomic E-state index is 0.00321. The lowest BCUT2D eigenvalue weighted by Gasteiger charge is -2.43. The SMILES string of the molecule is CNC[C@H](CC(C)(C)C)NC(=O)N1CCC[C@@H]([C@@](O)(CCCCOC)c2cccc(F)c2Cl)C1. The molecular weight excluding hydrogens is 457 g/mol. The lowest BCUT2D eigenvalue weighted by atomic mass is 9.74. The molecule has 1 aliphatic heterocycles. The Kier molecular flexibility index (Phi) is 11.1. The van der Waals surface area contributed by atoms with Crippen molar-refractivity contribution in [2.45, 2.75) is 70.9 Å². The van der Waals surface area contributed by atoms with Crippen molar-refractivity contribution in [1.82, 2.24) is 15.5 Å². The van der Waals surface area contributed by atoms with Crippen LogP contribution in [0.2, 0.25) is 5.02 Å². The van der Waals surface area contributed by atoms with Crippen LogP contribution in [-0.4, -0.2) is 62.5 Å². The predicted molar refractivity (Wildman–Crippen MR) is 136 cm³/mol. The topological polar surface area (TPSA) is 73.8 Å². The molecule has 6 nitrogen and oxygen atoms in total. The quantitative estimate of drug-likeness (QED) is 0.377. The van der Waals surface area contributed by atoms with Crippen LogP contribution in [0.5, 0.6) is 0 Å². The summed E-state index contributed by atoms with van der Waals surface area (Å²) in [6.07, 6.45) is 4.25. The van der Waals surface area contributed by atoms with Gasteiger partial charge in [-0.25, -0.2) is 9.18 Å². The number of halogens is 2. The highest BCUT2D eigenvalue weighted by Crippen LogP contribution is 2.43. The number of rotatable bonds is 11. The van der Waals surface area contributed by atoms with Gasteiger partial charge in [-0.2, -0.15) is 0 Å². The molecule has 34 heavy (non-hydrogen) atoms. The minimum Gasteiger partial charge on any atom is -0.385 e. The lowest BCUT2D eigenvalue weighted by Crippen LogP contribution is -2.54. The number of nitrogens with one attached hydrogen (secondary N) is 2. The Labute approximate surface area is 209 Å². The zero-order valence-electron chi connectivity index (χ0n) is 21.4. The number of nitrogens with zero attached hydrogens (tertiary/aromatic N) is 1. The van der Waals surface area contributed by atoms with Crippen molar-refractivity contribution in [2.24, 2.45) is 11.3 Å². The van der Waals surface area contributed by atoms with Gasteiger partial charge < -0.3 is 25.4 Å². The summed E-state index contributed by atoms with van der Waals surface area (Å²) in [7, 11) is 3.53. The van der Waals surface area contributed by atoms with E-state index >= 15 is 0 Å². The number of carbonyl (C=O) groups excluding carboxylic acids is 1. The van der Waals surface area contributed by atoms with Crippen LogP contribution < -0.4 is 10.6 Å². The number of likely N-dealkylation sites (tertiary alicyclic amines) is 1. The number of likely N-dealkylation sites (N-methyl/N-ethyl adjacent to an activating group) is 1. The van der Waals surface area contributed by atoms with E-state index in [-0.39, 0.29) is 28.4 Å². The van der Waals surface area contributed by atoms with Gasteiger partial charge in [0.1, 0.15) is 5.82 Å².